The van der Waals surface area contributed by atoms with Crippen LogP contribution in [0.1, 0.15) is 36.1 Å². The van der Waals surface area contributed by atoms with Gasteiger partial charge >= 0.3 is 11.9 Å². The molecule has 11 nitrogen and oxygen atoms in total. The molecule has 326 valence electrons. The second kappa shape index (κ2) is 20.2. The normalized spacial score (nSPS) is 21.3. The molecule has 0 amide bonds. The van der Waals surface area contributed by atoms with E-state index in [9.17, 15) is 9.59 Å². The lowest BCUT2D eigenvalue weighted by atomic mass is 9.73. The van der Waals surface area contributed by atoms with Gasteiger partial charge in [-0.15, -0.1) is 0 Å². The largest absolute Gasteiger partial charge is 0.487 e. The van der Waals surface area contributed by atoms with Crippen molar-refractivity contribution in [1.29, 1.82) is 0 Å². The summed E-state index contributed by atoms with van der Waals surface area (Å²) in [6, 6.07) is 46.7. The molecule has 3 aliphatic rings. The van der Waals surface area contributed by atoms with Crippen LogP contribution in [0.4, 0.5) is 0 Å². The first-order chi connectivity index (χ1) is 30.9. The summed E-state index contributed by atoms with van der Waals surface area (Å²) in [5, 5.41) is 0. The number of ether oxygens (including phenoxy) is 9. The van der Waals surface area contributed by atoms with Crippen LogP contribution < -0.4 is 9.47 Å². The molecule has 0 spiro atoms. The highest BCUT2D eigenvalue weighted by Crippen LogP contribution is 2.54. The highest BCUT2D eigenvalue weighted by atomic mass is 16.6. The van der Waals surface area contributed by atoms with Gasteiger partial charge in [-0.3, -0.25) is 0 Å². The Labute approximate surface area is 368 Å². The third kappa shape index (κ3) is 9.08. The molecule has 0 fully saturated rings. The van der Waals surface area contributed by atoms with Gasteiger partial charge in [0.2, 0.25) is 0 Å². The molecule has 63 heavy (non-hydrogen) atoms. The summed E-state index contributed by atoms with van der Waals surface area (Å²) in [7, 11) is 0. The van der Waals surface area contributed by atoms with E-state index in [-0.39, 0.29) is 66.1 Å². The molecule has 5 aromatic carbocycles. The summed E-state index contributed by atoms with van der Waals surface area (Å²) in [5.41, 5.74) is 1.68. The molecule has 0 saturated carbocycles. The van der Waals surface area contributed by atoms with Crippen LogP contribution >= 0.6 is 0 Å². The molecule has 2 atom stereocenters. The van der Waals surface area contributed by atoms with Crippen LogP contribution in [0, 0.1) is 11.8 Å². The van der Waals surface area contributed by atoms with Gasteiger partial charge in [-0.25, -0.2) is 9.59 Å². The molecule has 0 aliphatic carbocycles. The number of carbonyl (C=O) groups is 2. The van der Waals surface area contributed by atoms with Crippen molar-refractivity contribution >= 4 is 11.9 Å². The van der Waals surface area contributed by atoms with Crippen molar-refractivity contribution in [2.24, 2.45) is 11.8 Å². The monoisotopic (exact) mass is 852 g/mol. The van der Waals surface area contributed by atoms with Crippen molar-refractivity contribution in [3.05, 3.63) is 191 Å². The molecular formula is C52H52O11. The van der Waals surface area contributed by atoms with E-state index >= 15 is 0 Å². The fourth-order valence-electron chi connectivity index (χ4n) is 8.88. The minimum absolute atomic E-state index is 0.00180. The third-order valence-corrected chi connectivity index (χ3v) is 11.6. The van der Waals surface area contributed by atoms with Gasteiger partial charge in [-0.1, -0.05) is 133 Å². The van der Waals surface area contributed by atoms with E-state index in [1.54, 1.807) is 13.8 Å². The van der Waals surface area contributed by atoms with Gasteiger partial charge in [0, 0.05) is 22.3 Å². The van der Waals surface area contributed by atoms with Crippen LogP contribution in [0.3, 0.4) is 0 Å². The molecule has 0 aromatic heterocycles. The third-order valence-electron chi connectivity index (χ3n) is 11.6. The zero-order valence-electron chi connectivity index (χ0n) is 35.6. The first-order valence-electron chi connectivity index (χ1n) is 21.4. The van der Waals surface area contributed by atoms with Gasteiger partial charge in [0.1, 0.15) is 37.9 Å². The van der Waals surface area contributed by atoms with E-state index in [2.05, 4.69) is 0 Å². The lowest BCUT2D eigenvalue weighted by molar-refractivity contribution is -0.142. The van der Waals surface area contributed by atoms with Gasteiger partial charge in [0.15, 0.2) is 22.7 Å². The zero-order valence-corrected chi connectivity index (χ0v) is 35.6. The van der Waals surface area contributed by atoms with E-state index in [0.29, 0.717) is 34.2 Å². The van der Waals surface area contributed by atoms with Gasteiger partial charge in [-0.05, 0) is 26.0 Å². The van der Waals surface area contributed by atoms with E-state index in [1.807, 2.05) is 146 Å². The summed E-state index contributed by atoms with van der Waals surface area (Å²) in [5.74, 6) is -0.508. The molecule has 5 aromatic rings. The van der Waals surface area contributed by atoms with Crippen LogP contribution in [0.2, 0.25) is 0 Å². The lowest BCUT2D eigenvalue weighted by Crippen LogP contribution is -2.42. The molecule has 2 unspecified atom stereocenters. The quantitative estimate of drug-likeness (QED) is 0.163. The lowest BCUT2D eigenvalue weighted by Gasteiger charge is -2.38. The molecule has 0 radical (unpaired) electrons. The van der Waals surface area contributed by atoms with E-state index in [4.69, 9.17) is 42.6 Å². The Morgan fingerprint density at radius 1 is 0.381 bits per heavy atom. The van der Waals surface area contributed by atoms with Gasteiger partial charge < -0.3 is 42.6 Å². The van der Waals surface area contributed by atoms with E-state index in [0.717, 1.165) is 22.3 Å². The molecule has 0 bridgehead atoms. The van der Waals surface area contributed by atoms with E-state index < -0.39 is 35.0 Å². The maximum absolute atomic E-state index is 14.4. The van der Waals surface area contributed by atoms with Crippen LogP contribution in [0.15, 0.2) is 168 Å². The van der Waals surface area contributed by atoms with Crippen molar-refractivity contribution in [2.45, 2.75) is 25.0 Å². The van der Waals surface area contributed by atoms with Crippen LogP contribution in [-0.4, -0.2) is 78.0 Å². The Morgan fingerprint density at radius 2 is 0.683 bits per heavy atom. The average molecular weight is 853 g/mol. The second-order valence-corrected chi connectivity index (χ2v) is 15.4. The van der Waals surface area contributed by atoms with Crippen molar-refractivity contribution < 1.29 is 52.2 Å². The molecule has 3 heterocycles. The highest BCUT2D eigenvalue weighted by molar-refractivity contribution is 5.91. The number of hydrogen-bond acceptors (Lipinski definition) is 11. The minimum atomic E-state index is -1.17. The van der Waals surface area contributed by atoms with Crippen molar-refractivity contribution in [3.63, 3.8) is 0 Å². The number of rotatable bonds is 4. The second-order valence-electron chi connectivity index (χ2n) is 15.4. The molecule has 11 heteroatoms. The predicted molar refractivity (Wildman–Crippen MR) is 234 cm³/mol. The number of carbonyl (C=O) groups excluding carboxylic acids is 2. The molecule has 0 saturated heterocycles. The SMILES string of the molecule is CC1=C2C(=O)OCCOCCOc3ccccc3OCCOCCOC(=O)C3=C(C)OC(c4ccccc4)(c4ccccc4)C3COCC2C(c2ccccc2)(c2ccccc2)O1. The highest BCUT2D eigenvalue weighted by Gasteiger charge is 2.56. The Bertz CT molecular complexity index is 2120. The van der Waals surface area contributed by atoms with Crippen LogP contribution in [0.5, 0.6) is 11.5 Å². The molecular weight excluding hydrogens is 801 g/mol. The van der Waals surface area contributed by atoms with Crippen molar-refractivity contribution in [1.82, 2.24) is 0 Å². The summed E-state index contributed by atoms with van der Waals surface area (Å²) in [4.78, 5) is 28.7. The summed E-state index contributed by atoms with van der Waals surface area (Å²) in [6.45, 7) is 4.90. The Balaban J connectivity index is 1.16. The number of benzene rings is 5. The zero-order chi connectivity index (χ0) is 43.5. The number of para-hydroxylation sites is 2. The standard InChI is InChI=1S/C52H52O11/c1-37-47-43(51(62-37,39-17-7-3-8-18-39)40-19-9-4-10-20-40)35-57-36-44-48(38(2)63-52(44,41-21-11-5-12-22-41)42-23-13-6-14-24-42)50(54)61-34-30-56-28-32-59-46-26-16-15-25-45(46)58-31-27-55-29-33-60-49(47)53/h3-26,43-44H,27-36H2,1-2H3. The van der Waals surface area contributed by atoms with Crippen LogP contribution in [-0.2, 0) is 53.9 Å². The van der Waals surface area contributed by atoms with Crippen molar-refractivity contribution in [3.8, 4) is 11.5 Å². The number of allylic oxidation sites excluding steroid dienone is 2. The predicted octanol–water partition coefficient (Wildman–Crippen LogP) is 8.32. The number of fused-ring (bicyclic) bond motifs is 3. The fraction of sp³-hybridized carbons (Fsp3) is 0.308. The van der Waals surface area contributed by atoms with Gasteiger partial charge in [0.25, 0.3) is 0 Å². The number of hydrogen-bond donors (Lipinski definition) is 0. The fourth-order valence-corrected chi connectivity index (χ4v) is 8.88. The Hall–Kier alpha value is -6.40. The summed E-state index contributed by atoms with van der Waals surface area (Å²) < 4.78 is 56.2. The topological polar surface area (TPSA) is 117 Å². The molecule has 8 rings (SSSR count). The minimum Gasteiger partial charge on any atom is -0.487 e. The first kappa shape index (κ1) is 43.3. The van der Waals surface area contributed by atoms with Crippen molar-refractivity contribution in [2.75, 3.05) is 66.1 Å². The van der Waals surface area contributed by atoms with E-state index in [1.165, 1.54) is 0 Å². The molecule has 3 aliphatic heterocycles. The number of esters is 2. The van der Waals surface area contributed by atoms with Gasteiger partial charge in [0.05, 0.1) is 62.6 Å². The maximum Gasteiger partial charge on any atom is 0.338 e. The first-order valence-corrected chi connectivity index (χ1v) is 21.4. The smallest absolute Gasteiger partial charge is 0.338 e. The average Bonchev–Trinajstić information content (AvgIpc) is 3.80. The summed E-state index contributed by atoms with van der Waals surface area (Å²) >= 11 is 0. The van der Waals surface area contributed by atoms with Crippen LogP contribution in [0.25, 0.3) is 0 Å². The Morgan fingerprint density at radius 3 is 1.02 bits per heavy atom. The van der Waals surface area contributed by atoms with Gasteiger partial charge in [-0.2, -0.15) is 0 Å². The maximum atomic E-state index is 14.4. The summed E-state index contributed by atoms with van der Waals surface area (Å²) in [6.07, 6.45) is 0. The molecule has 0 N–H and O–H groups in total. The Kier molecular flexibility index (Phi) is 13.9. The number of cyclic esters (lactones) is 2.